The zero-order chi connectivity index (χ0) is 15.7. The number of rotatable bonds is 4. The summed E-state index contributed by atoms with van der Waals surface area (Å²) in [5, 5.41) is 11.1. The molecule has 1 aliphatic carbocycles. The predicted molar refractivity (Wildman–Crippen MR) is 88.1 cm³/mol. The number of hydrogen-bond donors (Lipinski definition) is 1. The first kappa shape index (κ1) is 14.4. The molecule has 0 spiro atoms. The summed E-state index contributed by atoms with van der Waals surface area (Å²) in [6, 6.07) is 7.61. The van der Waals surface area contributed by atoms with E-state index in [2.05, 4.69) is 15.5 Å². The Hall–Kier alpha value is -2.21. The van der Waals surface area contributed by atoms with Crippen molar-refractivity contribution in [1.29, 1.82) is 0 Å². The molecule has 4 rings (SSSR count). The smallest absolute Gasteiger partial charge is 0.226 e. The van der Waals surface area contributed by atoms with E-state index in [4.69, 9.17) is 4.52 Å². The van der Waals surface area contributed by atoms with E-state index in [1.165, 1.54) is 0 Å². The molecule has 118 valence electrons. The highest BCUT2D eigenvalue weighted by molar-refractivity contribution is 7.09. The maximum absolute atomic E-state index is 12.6. The normalized spacial score (nSPS) is 16.7. The monoisotopic (exact) mass is 327 g/mol. The minimum atomic E-state index is -0.301. The molecule has 2 heterocycles. The Labute approximate surface area is 137 Å². The molecule has 0 unspecified atom stereocenters. The molecule has 0 saturated heterocycles. The molecule has 1 aromatic carbocycles. The second kappa shape index (κ2) is 5.77. The molecule has 23 heavy (non-hydrogen) atoms. The topological polar surface area (TPSA) is 68.0 Å². The van der Waals surface area contributed by atoms with Crippen LogP contribution in [0.4, 0.5) is 0 Å². The summed E-state index contributed by atoms with van der Waals surface area (Å²) in [4.78, 5) is 17.0. The maximum Gasteiger partial charge on any atom is 0.226 e. The van der Waals surface area contributed by atoms with Crippen molar-refractivity contribution < 1.29 is 9.32 Å². The first-order valence-electron chi connectivity index (χ1n) is 7.81. The second-order valence-electron chi connectivity index (χ2n) is 5.98. The van der Waals surface area contributed by atoms with Crippen LogP contribution in [0.15, 0.2) is 40.4 Å². The molecule has 0 radical (unpaired) electrons. The summed E-state index contributed by atoms with van der Waals surface area (Å²) in [5.74, 6) is -0.0267. The molecular formula is C17H17N3O2S. The van der Waals surface area contributed by atoms with Gasteiger partial charge in [-0.15, -0.1) is 11.3 Å². The third kappa shape index (κ3) is 2.63. The fraction of sp³-hybridized carbons (Fsp3) is 0.353. The van der Waals surface area contributed by atoms with E-state index < -0.39 is 0 Å². The fourth-order valence-corrected chi connectivity index (χ4v) is 4.21. The Morgan fingerprint density at radius 3 is 2.91 bits per heavy atom. The standard InChI is InChI=1S/C17H17N3O2S/c21-15(11-13-12-5-1-2-6-14(12)22-20-13)19-17(7-3-4-8-17)16-18-9-10-23-16/h1-2,5-6,9-10H,3-4,7-8,11H2,(H,19,21). The van der Waals surface area contributed by atoms with Crippen LogP contribution in [0.5, 0.6) is 0 Å². The Bertz CT molecular complexity index is 819. The van der Waals surface area contributed by atoms with E-state index in [1.54, 1.807) is 17.5 Å². The van der Waals surface area contributed by atoms with Gasteiger partial charge in [-0.1, -0.05) is 30.1 Å². The number of aromatic nitrogens is 2. The SMILES string of the molecule is O=C(Cc1noc2ccccc12)NC1(c2nccs2)CCCC1. The van der Waals surface area contributed by atoms with Gasteiger partial charge in [-0.3, -0.25) is 4.79 Å². The van der Waals surface area contributed by atoms with Crippen molar-refractivity contribution in [2.24, 2.45) is 0 Å². The highest BCUT2D eigenvalue weighted by atomic mass is 32.1. The van der Waals surface area contributed by atoms with Gasteiger partial charge in [-0.2, -0.15) is 0 Å². The third-order valence-electron chi connectivity index (χ3n) is 4.46. The summed E-state index contributed by atoms with van der Waals surface area (Å²) in [6.07, 6.45) is 6.17. The van der Waals surface area contributed by atoms with Crippen molar-refractivity contribution in [1.82, 2.24) is 15.5 Å². The number of fused-ring (bicyclic) bond motifs is 1. The van der Waals surface area contributed by atoms with Crippen LogP contribution in [-0.4, -0.2) is 16.0 Å². The van der Waals surface area contributed by atoms with Crippen LogP contribution in [0.2, 0.25) is 0 Å². The summed E-state index contributed by atoms with van der Waals surface area (Å²) in [6.45, 7) is 0. The third-order valence-corrected chi connectivity index (χ3v) is 5.43. The van der Waals surface area contributed by atoms with Gasteiger partial charge >= 0.3 is 0 Å². The van der Waals surface area contributed by atoms with Crippen LogP contribution >= 0.6 is 11.3 Å². The number of thiazole rings is 1. The quantitative estimate of drug-likeness (QED) is 0.797. The lowest BCUT2D eigenvalue weighted by Gasteiger charge is -2.28. The van der Waals surface area contributed by atoms with E-state index in [9.17, 15) is 4.79 Å². The van der Waals surface area contributed by atoms with Gasteiger partial charge in [0.25, 0.3) is 0 Å². The number of benzene rings is 1. The van der Waals surface area contributed by atoms with Crippen LogP contribution in [0.1, 0.15) is 36.4 Å². The molecule has 1 amide bonds. The average Bonchev–Trinajstić information content (AvgIpc) is 3.28. The summed E-state index contributed by atoms with van der Waals surface area (Å²) < 4.78 is 5.28. The Morgan fingerprint density at radius 1 is 1.30 bits per heavy atom. The molecule has 5 nitrogen and oxygen atoms in total. The van der Waals surface area contributed by atoms with Crippen LogP contribution in [0.3, 0.4) is 0 Å². The first-order valence-corrected chi connectivity index (χ1v) is 8.69. The molecule has 1 aliphatic rings. The fourth-order valence-electron chi connectivity index (χ4n) is 3.36. The molecule has 3 aromatic rings. The first-order chi connectivity index (χ1) is 11.3. The van der Waals surface area contributed by atoms with Crippen molar-refractivity contribution in [3.63, 3.8) is 0 Å². The summed E-state index contributed by atoms with van der Waals surface area (Å²) in [5.41, 5.74) is 1.10. The highest BCUT2D eigenvalue weighted by Crippen LogP contribution is 2.39. The lowest BCUT2D eigenvalue weighted by molar-refractivity contribution is -0.122. The number of carbonyl (C=O) groups is 1. The molecule has 0 atom stereocenters. The number of hydrogen-bond acceptors (Lipinski definition) is 5. The zero-order valence-electron chi connectivity index (χ0n) is 12.6. The number of carbonyl (C=O) groups excluding carboxylic acids is 1. The summed E-state index contributed by atoms with van der Waals surface area (Å²) in [7, 11) is 0. The second-order valence-corrected chi connectivity index (χ2v) is 6.87. The van der Waals surface area contributed by atoms with Gasteiger partial charge in [0, 0.05) is 17.0 Å². The largest absolute Gasteiger partial charge is 0.356 e. The lowest BCUT2D eigenvalue weighted by atomic mass is 9.98. The number of amides is 1. The number of para-hydroxylation sites is 1. The maximum atomic E-state index is 12.6. The Balaban J connectivity index is 1.55. The Kier molecular flexibility index (Phi) is 3.61. The van der Waals surface area contributed by atoms with E-state index >= 15 is 0 Å². The van der Waals surface area contributed by atoms with E-state index in [0.717, 1.165) is 36.1 Å². The van der Waals surface area contributed by atoms with Crippen molar-refractivity contribution in [2.45, 2.75) is 37.6 Å². The zero-order valence-corrected chi connectivity index (χ0v) is 13.4. The lowest BCUT2D eigenvalue weighted by Crippen LogP contribution is -2.44. The Morgan fingerprint density at radius 2 is 2.13 bits per heavy atom. The van der Waals surface area contributed by atoms with Crippen LogP contribution in [0.25, 0.3) is 11.0 Å². The van der Waals surface area contributed by atoms with Crippen LogP contribution < -0.4 is 5.32 Å². The van der Waals surface area contributed by atoms with Gasteiger partial charge in [0.1, 0.15) is 10.7 Å². The molecule has 1 saturated carbocycles. The molecule has 1 N–H and O–H groups in total. The van der Waals surface area contributed by atoms with Gasteiger partial charge < -0.3 is 9.84 Å². The van der Waals surface area contributed by atoms with Crippen molar-refractivity contribution in [2.75, 3.05) is 0 Å². The van der Waals surface area contributed by atoms with Gasteiger partial charge in [-0.25, -0.2) is 4.98 Å². The summed E-state index contributed by atoms with van der Waals surface area (Å²) >= 11 is 1.61. The predicted octanol–water partition coefficient (Wildman–Crippen LogP) is 3.41. The molecule has 0 aliphatic heterocycles. The molecular weight excluding hydrogens is 310 g/mol. The van der Waals surface area contributed by atoms with Crippen LogP contribution in [0, 0.1) is 0 Å². The van der Waals surface area contributed by atoms with Gasteiger partial charge in [-0.05, 0) is 25.0 Å². The van der Waals surface area contributed by atoms with Crippen molar-refractivity contribution in [3.05, 3.63) is 46.5 Å². The highest BCUT2D eigenvalue weighted by Gasteiger charge is 2.39. The molecule has 1 fully saturated rings. The minimum Gasteiger partial charge on any atom is -0.356 e. The minimum absolute atomic E-state index is 0.0267. The molecule has 6 heteroatoms. The van der Waals surface area contributed by atoms with Crippen molar-refractivity contribution in [3.8, 4) is 0 Å². The van der Waals surface area contributed by atoms with E-state index in [1.807, 2.05) is 29.6 Å². The number of nitrogens with one attached hydrogen (secondary N) is 1. The van der Waals surface area contributed by atoms with Gasteiger partial charge in [0.15, 0.2) is 5.58 Å². The van der Waals surface area contributed by atoms with Crippen LogP contribution in [-0.2, 0) is 16.8 Å². The van der Waals surface area contributed by atoms with Gasteiger partial charge in [0.05, 0.1) is 12.0 Å². The molecule has 2 aromatic heterocycles. The average molecular weight is 327 g/mol. The van der Waals surface area contributed by atoms with Crippen molar-refractivity contribution >= 4 is 28.2 Å². The van der Waals surface area contributed by atoms with E-state index in [0.29, 0.717) is 11.3 Å². The molecule has 0 bridgehead atoms. The van der Waals surface area contributed by atoms with Gasteiger partial charge in [0.2, 0.25) is 5.91 Å². The number of nitrogens with zero attached hydrogens (tertiary/aromatic N) is 2. The van der Waals surface area contributed by atoms with E-state index in [-0.39, 0.29) is 17.9 Å².